The Balaban J connectivity index is -0.000000320. The van der Waals surface area contributed by atoms with Gasteiger partial charge in [-0.05, 0) is 0 Å². The molecule has 11 heavy (non-hydrogen) atoms. The maximum absolute atomic E-state index is 9.58. The fourth-order valence-corrected chi connectivity index (χ4v) is 0.241. The van der Waals surface area contributed by atoms with Crippen molar-refractivity contribution in [3.05, 3.63) is 0 Å². The Morgan fingerprint density at radius 1 is 1.36 bits per heavy atom. The van der Waals surface area contributed by atoms with Crippen LogP contribution in [0, 0.1) is 0 Å². The van der Waals surface area contributed by atoms with Crippen LogP contribution in [-0.4, -0.2) is 49.4 Å². The number of aliphatic hydroxyl groups excluding tert-OH is 1. The Bertz CT molecular complexity index is 138. The SMILES string of the molecule is O=C([O-])CC(O)C(=O)[O-].[Bi+3].[NH4+]. The zero-order valence-corrected chi connectivity index (χ0v) is 9.29. The Labute approximate surface area is 81.9 Å². The number of quaternary nitrogens is 1. The molecular weight excluding hydrogens is 351 g/mol. The van der Waals surface area contributed by atoms with Crippen LogP contribution >= 0.6 is 0 Å². The minimum absolute atomic E-state index is 0. The molecular formula is C4H8BiNO5+2. The topological polar surface area (TPSA) is 137 Å². The molecule has 0 amide bonds. The third kappa shape index (κ3) is 9.74. The molecule has 0 aliphatic rings. The summed E-state index contributed by atoms with van der Waals surface area (Å²) in [6, 6.07) is 0. The Morgan fingerprint density at radius 2 is 1.73 bits per heavy atom. The van der Waals surface area contributed by atoms with Crippen LogP contribution in [0.1, 0.15) is 6.42 Å². The third-order valence-electron chi connectivity index (χ3n) is 0.632. The number of carbonyl (C=O) groups is 2. The summed E-state index contributed by atoms with van der Waals surface area (Å²) in [6.07, 6.45) is -2.89. The van der Waals surface area contributed by atoms with E-state index in [0.717, 1.165) is 0 Å². The summed E-state index contributed by atoms with van der Waals surface area (Å²) in [5.74, 6) is -3.43. The van der Waals surface area contributed by atoms with Crippen molar-refractivity contribution in [1.82, 2.24) is 6.15 Å². The first-order chi connectivity index (χ1) is 4.04. The predicted molar refractivity (Wildman–Crippen MR) is 32.4 cm³/mol. The van der Waals surface area contributed by atoms with Crippen LogP contribution in [0.4, 0.5) is 0 Å². The fraction of sp³-hybridized carbons (Fsp3) is 0.500. The number of hydrogen-bond acceptors (Lipinski definition) is 5. The van der Waals surface area contributed by atoms with Crippen LogP contribution in [-0.2, 0) is 9.59 Å². The van der Waals surface area contributed by atoms with Crippen LogP contribution in [0.25, 0.3) is 0 Å². The summed E-state index contributed by atoms with van der Waals surface area (Å²) in [5, 5.41) is 27.3. The molecule has 0 aliphatic carbocycles. The second kappa shape index (κ2) is 7.85. The molecule has 0 aromatic carbocycles. The van der Waals surface area contributed by atoms with E-state index in [2.05, 4.69) is 0 Å². The van der Waals surface area contributed by atoms with Gasteiger partial charge < -0.3 is 31.1 Å². The molecule has 1 unspecified atom stereocenters. The first-order valence-electron chi connectivity index (χ1n) is 2.13. The Hall–Kier alpha value is -0.257. The second-order valence-corrected chi connectivity index (χ2v) is 1.41. The number of carboxylic acids is 2. The van der Waals surface area contributed by atoms with Gasteiger partial charge in [0.25, 0.3) is 0 Å². The summed E-state index contributed by atoms with van der Waals surface area (Å²) in [6.45, 7) is 0. The molecule has 7 heteroatoms. The van der Waals surface area contributed by atoms with Gasteiger partial charge in [-0.2, -0.15) is 0 Å². The molecule has 0 spiro atoms. The smallest absolute Gasteiger partial charge is 0.550 e. The van der Waals surface area contributed by atoms with E-state index in [9.17, 15) is 19.8 Å². The molecule has 0 bridgehead atoms. The molecule has 62 valence electrons. The minimum Gasteiger partial charge on any atom is -0.550 e. The van der Waals surface area contributed by atoms with Crippen LogP contribution in [0.5, 0.6) is 0 Å². The minimum atomic E-state index is -1.96. The molecule has 0 aromatic heterocycles. The van der Waals surface area contributed by atoms with Crippen LogP contribution < -0.4 is 16.4 Å². The van der Waals surface area contributed by atoms with Gasteiger partial charge in [-0.25, -0.2) is 0 Å². The molecule has 0 rings (SSSR count). The monoisotopic (exact) mass is 359 g/mol. The van der Waals surface area contributed by atoms with Crippen molar-refractivity contribution in [3.63, 3.8) is 0 Å². The summed E-state index contributed by atoms with van der Waals surface area (Å²) in [4.78, 5) is 19.1. The largest absolute Gasteiger partial charge is 3.00 e. The standard InChI is InChI=1S/C4H6O5.Bi.H3N/c5-2(4(8)9)1-3(6)7;;/h2,5H,1H2,(H,6,7)(H,8,9);;1H3/q;+3;/p-1. The molecule has 6 nitrogen and oxygen atoms in total. The zero-order valence-electron chi connectivity index (χ0n) is 5.81. The summed E-state index contributed by atoms with van der Waals surface area (Å²) in [7, 11) is 0. The van der Waals surface area contributed by atoms with Crippen molar-refractivity contribution >= 4 is 38.1 Å². The van der Waals surface area contributed by atoms with E-state index in [1.54, 1.807) is 0 Å². The maximum Gasteiger partial charge on any atom is 3.00 e. The maximum atomic E-state index is 9.58. The van der Waals surface area contributed by atoms with Crippen LogP contribution in [0.2, 0.25) is 0 Å². The number of aliphatic carboxylic acids is 2. The summed E-state index contributed by atoms with van der Waals surface area (Å²) in [5.41, 5.74) is 0. The van der Waals surface area contributed by atoms with E-state index in [0.29, 0.717) is 0 Å². The van der Waals surface area contributed by atoms with Gasteiger partial charge in [0.05, 0.1) is 12.1 Å². The second-order valence-electron chi connectivity index (χ2n) is 1.41. The van der Waals surface area contributed by atoms with Crippen molar-refractivity contribution in [3.8, 4) is 0 Å². The Morgan fingerprint density at radius 3 is 1.82 bits per heavy atom. The van der Waals surface area contributed by atoms with E-state index in [4.69, 9.17) is 5.11 Å². The average molecular weight is 359 g/mol. The number of hydrogen-bond donors (Lipinski definition) is 2. The number of carbonyl (C=O) groups excluding carboxylic acids is 2. The van der Waals surface area contributed by atoms with E-state index in [-0.39, 0.29) is 32.4 Å². The van der Waals surface area contributed by atoms with Gasteiger partial charge in [0.15, 0.2) is 0 Å². The number of rotatable bonds is 3. The first kappa shape index (κ1) is 17.0. The van der Waals surface area contributed by atoms with Gasteiger partial charge in [0.2, 0.25) is 0 Å². The van der Waals surface area contributed by atoms with E-state index >= 15 is 0 Å². The zero-order chi connectivity index (χ0) is 7.44. The molecule has 0 heterocycles. The third-order valence-corrected chi connectivity index (χ3v) is 0.632. The summed E-state index contributed by atoms with van der Waals surface area (Å²) >= 11 is 0. The van der Waals surface area contributed by atoms with Crippen molar-refractivity contribution in [2.24, 2.45) is 0 Å². The quantitative estimate of drug-likeness (QED) is 0.499. The van der Waals surface area contributed by atoms with Gasteiger partial charge in [0, 0.05) is 12.4 Å². The predicted octanol–water partition coefficient (Wildman–Crippen LogP) is -3.77. The van der Waals surface area contributed by atoms with Crippen LogP contribution in [0.3, 0.4) is 0 Å². The van der Waals surface area contributed by atoms with Crippen molar-refractivity contribution < 1.29 is 24.9 Å². The summed E-state index contributed by atoms with van der Waals surface area (Å²) < 4.78 is 0. The molecule has 0 saturated heterocycles. The fourth-order valence-electron chi connectivity index (χ4n) is 0.241. The molecule has 0 aromatic rings. The Kier molecular flexibility index (Phi) is 12.1. The molecule has 0 fully saturated rings. The van der Waals surface area contributed by atoms with Crippen LogP contribution in [0.15, 0.2) is 0 Å². The van der Waals surface area contributed by atoms with E-state index < -0.39 is 24.5 Å². The molecule has 5 N–H and O–H groups in total. The normalized spacial score (nSPS) is 10.3. The van der Waals surface area contributed by atoms with Gasteiger partial charge in [0.1, 0.15) is 0 Å². The number of carboxylic acid groups (broad SMARTS) is 2. The van der Waals surface area contributed by atoms with Gasteiger partial charge in [-0.3, -0.25) is 0 Å². The molecule has 1 atom stereocenters. The van der Waals surface area contributed by atoms with Crippen molar-refractivity contribution in [2.45, 2.75) is 12.5 Å². The van der Waals surface area contributed by atoms with Gasteiger partial charge in [-0.1, -0.05) is 0 Å². The average Bonchev–Trinajstić information content (AvgIpc) is 1.63. The van der Waals surface area contributed by atoms with E-state index in [1.807, 2.05) is 0 Å². The molecule has 0 aliphatic heterocycles. The molecule has 0 saturated carbocycles. The van der Waals surface area contributed by atoms with Gasteiger partial charge in [-0.15, -0.1) is 0 Å². The molecule has 2 radical (unpaired) electrons. The van der Waals surface area contributed by atoms with Gasteiger partial charge >= 0.3 is 26.2 Å². The number of aliphatic hydroxyl groups is 1. The first-order valence-corrected chi connectivity index (χ1v) is 2.13. The van der Waals surface area contributed by atoms with Crippen molar-refractivity contribution in [1.29, 1.82) is 0 Å². The van der Waals surface area contributed by atoms with Crippen molar-refractivity contribution in [2.75, 3.05) is 0 Å². The van der Waals surface area contributed by atoms with E-state index in [1.165, 1.54) is 0 Å².